The molecule has 4 aromatic carbocycles. The molecular weight excluding hydrogens is 744 g/mol. The third-order valence-electron chi connectivity index (χ3n) is 11.2. The van der Waals surface area contributed by atoms with Gasteiger partial charge < -0.3 is 25.0 Å². The van der Waals surface area contributed by atoms with Crippen LogP contribution >= 0.6 is 0 Å². The number of rotatable bonds is 15. The molecule has 0 spiro atoms. The smallest absolute Gasteiger partial charge is 0.490 e. The summed E-state index contributed by atoms with van der Waals surface area (Å²) < 4.78 is 37.0. The highest BCUT2D eigenvalue weighted by molar-refractivity contribution is 5.95. The lowest BCUT2D eigenvalue weighted by molar-refractivity contribution is -0.192. The minimum absolute atomic E-state index is 0.108. The van der Waals surface area contributed by atoms with Crippen LogP contribution in [0.1, 0.15) is 78.4 Å². The van der Waals surface area contributed by atoms with Crippen molar-refractivity contribution in [3.8, 4) is 16.9 Å². The molecule has 310 valence electrons. The number of carbonyl (C=O) groups excluding carboxylic acids is 2. The van der Waals surface area contributed by atoms with Crippen LogP contribution in [0.4, 0.5) is 13.2 Å². The van der Waals surface area contributed by atoms with Gasteiger partial charge in [0.2, 0.25) is 5.91 Å². The van der Waals surface area contributed by atoms with Crippen LogP contribution in [0, 0.1) is 11.8 Å². The minimum atomic E-state index is -5.08. The van der Waals surface area contributed by atoms with Crippen LogP contribution in [0.25, 0.3) is 11.1 Å². The van der Waals surface area contributed by atoms with E-state index in [0.717, 1.165) is 84.2 Å². The van der Waals surface area contributed by atoms with Crippen LogP contribution in [0.2, 0.25) is 0 Å². The van der Waals surface area contributed by atoms with Gasteiger partial charge in [0.1, 0.15) is 5.75 Å². The maximum Gasteiger partial charge on any atom is 0.490 e. The summed E-state index contributed by atoms with van der Waals surface area (Å²) in [7, 11) is 1.65. The molecule has 0 saturated carbocycles. The fourth-order valence-electron chi connectivity index (χ4n) is 7.81. The number of piperidine rings is 2. The number of alkyl halides is 3. The normalized spacial score (nSPS) is 14.9. The monoisotopic (exact) mass is 799 g/mol. The summed E-state index contributed by atoms with van der Waals surface area (Å²) in [5.41, 5.74) is 6.16. The molecule has 2 N–H and O–H groups in total. The SMILES string of the molecule is COc1ccc(CC(=O)N(CCCc2ccccc2)Cc2cccc(-c3cccc(C(=O)N4CCC(CCCC5CCNCC5)CC4)c3)c2)cc1.O=C(O)C(F)(F)F. The van der Waals surface area contributed by atoms with Crippen molar-refractivity contribution in [3.63, 3.8) is 0 Å². The zero-order chi connectivity index (χ0) is 41.3. The van der Waals surface area contributed by atoms with Crippen LogP contribution in [-0.4, -0.2) is 78.7 Å². The van der Waals surface area contributed by atoms with Crippen molar-refractivity contribution >= 4 is 17.8 Å². The second-order valence-corrected chi connectivity index (χ2v) is 15.4. The number of aryl methyl sites for hydroxylation is 1. The number of carbonyl (C=O) groups is 3. The third-order valence-corrected chi connectivity index (χ3v) is 11.2. The van der Waals surface area contributed by atoms with E-state index < -0.39 is 12.1 Å². The van der Waals surface area contributed by atoms with E-state index in [1.165, 1.54) is 50.8 Å². The third kappa shape index (κ3) is 14.0. The van der Waals surface area contributed by atoms with Crippen molar-refractivity contribution in [2.45, 2.75) is 76.9 Å². The van der Waals surface area contributed by atoms with E-state index in [9.17, 15) is 22.8 Å². The summed E-state index contributed by atoms with van der Waals surface area (Å²) in [6.45, 7) is 5.26. The van der Waals surface area contributed by atoms with Crippen molar-refractivity contribution in [2.75, 3.05) is 39.8 Å². The Balaban J connectivity index is 0.000000839. The Morgan fingerprint density at radius 2 is 1.36 bits per heavy atom. The van der Waals surface area contributed by atoms with Gasteiger partial charge in [-0.25, -0.2) is 4.79 Å². The maximum absolute atomic E-state index is 13.7. The number of benzene rings is 4. The van der Waals surface area contributed by atoms with Crippen LogP contribution in [-0.2, 0) is 29.0 Å². The first-order valence-electron chi connectivity index (χ1n) is 20.4. The molecule has 2 fully saturated rings. The number of nitrogens with one attached hydrogen (secondary N) is 1. The van der Waals surface area contributed by atoms with Gasteiger partial charge in [-0.3, -0.25) is 9.59 Å². The van der Waals surface area contributed by atoms with Gasteiger partial charge in [0.25, 0.3) is 5.91 Å². The van der Waals surface area contributed by atoms with E-state index in [-0.39, 0.29) is 11.8 Å². The summed E-state index contributed by atoms with van der Waals surface area (Å²) >= 11 is 0. The lowest BCUT2D eigenvalue weighted by Crippen LogP contribution is -2.38. The van der Waals surface area contributed by atoms with Gasteiger partial charge in [-0.2, -0.15) is 13.2 Å². The zero-order valence-electron chi connectivity index (χ0n) is 33.4. The van der Waals surface area contributed by atoms with Crippen LogP contribution in [0.15, 0.2) is 103 Å². The first-order valence-corrected chi connectivity index (χ1v) is 20.4. The Kier molecular flexibility index (Phi) is 16.8. The van der Waals surface area contributed by atoms with E-state index in [4.69, 9.17) is 14.6 Å². The average Bonchev–Trinajstić information content (AvgIpc) is 3.24. The number of aliphatic carboxylic acids is 1. The molecular formula is C47H56F3N3O5. The Bertz CT molecular complexity index is 1890. The Morgan fingerprint density at radius 3 is 2.00 bits per heavy atom. The minimum Gasteiger partial charge on any atom is -0.497 e. The van der Waals surface area contributed by atoms with E-state index >= 15 is 0 Å². The average molecular weight is 800 g/mol. The summed E-state index contributed by atoms with van der Waals surface area (Å²) in [6, 6.07) is 34.7. The highest BCUT2D eigenvalue weighted by Crippen LogP contribution is 2.28. The van der Waals surface area contributed by atoms with E-state index in [2.05, 4.69) is 64.8 Å². The van der Waals surface area contributed by atoms with Crippen molar-refractivity contribution in [1.29, 1.82) is 0 Å². The topological polar surface area (TPSA) is 99.2 Å². The molecule has 2 heterocycles. The largest absolute Gasteiger partial charge is 0.497 e. The summed E-state index contributed by atoms with van der Waals surface area (Å²) in [6.07, 6.45) is 5.93. The Morgan fingerprint density at radius 1 is 0.759 bits per heavy atom. The number of halogens is 3. The van der Waals surface area contributed by atoms with Crippen LogP contribution in [0.3, 0.4) is 0 Å². The highest BCUT2D eigenvalue weighted by atomic mass is 19.4. The van der Waals surface area contributed by atoms with Crippen molar-refractivity contribution in [3.05, 3.63) is 125 Å². The number of methoxy groups -OCH3 is 1. The number of carboxylic acid groups (broad SMARTS) is 1. The van der Waals surface area contributed by atoms with Crippen molar-refractivity contribution in [2.24, 2.45) is 11.8 Å². The number of amides is 2. The van der Waals surface area contributed by atoms with Gasteiger partial charge in [0.05, 0.1) is 13.5 Å². The molecule has 0 aliphatic carbocycles. The number of nitrogens with zero attached hydrogens (tertiary/aromatic N) is 2. The molecule has 6 rings (SSSR count). The molecule has 0 aromatic heterocycles. The molecule has 2 aliphatic heterocycles. The van der Waals surface area contributed by atoms with Gasteiger partial charge >= 0.3 is 12.1 Å². The van der Waals surface area contributed by atoms with Crippen LogP contribution in [0.5, 0.6) is 5.75 Å². The Labute approximate surface area is 340 Å². The van der Waals surface area contributed by atoms with Gasteiger partial charge in [0.15, 0.2) is 0 Å². The fourth-order valence-corrected chi connectivity index (χ4v) is 7.81. The maximum atomic E-state index is 13.7. The first kappa shape index (κ1) is 44.0. The molecule has 11 heteroatoms. The second-order valence-electron chi connectivity index (χ2n) is 15.4. The molecule has 0 unspecified atom stereocenters. The van der Waals surface area contributed by atoms with Gasteiger partial charge in [-0.15, -0.1) is 0 Å². The molecule has 2 saturated heterocycles. The van der Waals surface area contributed by atoms with Gasteiger partial charge in [0, 0.05) is 31.7 Å². The number of ether oxygens (including phenoxy) is 1. The number of carboxylic acids is 1. The predicted octanol–water partition coefficient (Wildman–Crippen LogP) is 9.22. The molecule has 2 amide bonds. The summed E-state index contributed by atoms with van der Waals surface area (Å²) in [5.74, 6) is -0.0889. The first-order chi connectivity index (χ1) is 28.0. The molecule has 58 heavy (non-hydrogen) atoms. The molecule has 0 radical (unpaired) electrons. The Hall–Kier alpha value is -5.16. The molecule has 2 aliphatic rings. The van der Waals surface area contributed by atoms with E-state index in [0.29, 0.717) is 19.5 Å². The molecule has 0 atom stereocenters. The highest BCUT2D eigenvalue weighted by Gasteiger charge is 2.38. The predicted molar refractivity (Wildman–Crippen MR) is 221 cm³/mol. The summed E-state index contributed by atoms with van der Waals surface area (Å²) in [5, 5.41) is 10.6. The number of hydrogen-bond acceptors (Lipinski definition) is 5. The molecule has 8 nitrogen and oxygen atoms in total. The van der Waals surface area contributed by atoms with Gasteiger partial charge in [-0.1, -0.05) is 92.1 Å². The molecule has 0 bridgehead atoms. The van der Waals surface area contributed by atoms with Crippen LogP contribution < -0.4 is 10.1 Å². The van der Waals surface area contributed by atoms with Crippen molar-refractivity contribution < 1.29 is 37.4 Å². The number of hydrogen-bond donors (Lipinski definition) is 2. The quantitative estimate of drug-likeness (QED) is 0.125. The van der Waals surface area contributed by atoms with Crippen molar-refractivity contribution in [1.82, 2.24) is 15.1 Å². The fraction of sp³-hybridized carbons (Fsp3) is 0.426. The second kappa shape index (κ2) is 22.1. The van der Waals surface area contributed by atoms with E-state index in [1.807, 2.05) is 53.4 Å². The zero-order valence-corrected chi connectivity index (χ0v) is 33.4. The van der Waals surface area contributed by atoms with Gasteiger partial charge in [-0.05, 0) is 122 Å². The number of likely N-dealkylation sites (tertiary alicyclic amines) is 1. The molecule has 4 aromatic rings. The van der Waals surface area contributed by atoms with E-state index in [1.54, 1.807) is 7.11 Å². The lowest BCUT2D eigenvalue weighted by Gasteiger charge is -2.32. The lowest BCUT2D eigenvalue weighted by atomic mass is 9.87. The standard InChI is InChI=1S/C45H55N3O3.C2HF3O2/c1-51-43-20-18-38(19-21-43)32-44(49)48(28-8-14-35-9-3-2-4-10-35)34-39-13-6-15-40(31-39)41-16-7-17-42(33-41)45(50)47-29-24-37(25-30-47)12-5-11-36-22-26-46-27-23-36;3-2(4,5)1(6)7/h2-4,6-7,9-10,13,15-21,31,33,36-37,46H,5,8,11-12,14,22-30,32,34H2,1H3;(H,6,7). The summed E-state index contributed by atoms with van der Waals surface area (Å²) in [4.78, 5) is 40.3.